The number of alkyl halides is 3. The fourth-order valence-corrected chi connectivity index (χ4v) is 0.779. The first-order valence-corrected chi connectivity index (χ1v) is 3.71. The first-order valence-electron chi connectivity index (χ1n) is 3.71. The van der Waals surface area contributed by atoms with Gasteiger partial charge in [0.15, 0.2) is 0 Å². The molecule has 1 atom stereocenters. The molecule has 0 amide bonds. The number of hydrogen-bond donors (Lipinski definition) is 0. The topological polar surface area (TPSA) is 38.8 Å². The molecular weight excluding hydrogens is 189 g/mol. The van der Waals surface area contributed by atoms with Crippen LogP contribution in [0, 0.1) is 0 Å². The highest BCUT2D eigenvalue weighted by molar-refractivity contribution is 5.83. The summed E-state index contributed by atoms with van der Waals surface area (Å²) < 4.78 is 45.1. The van der Waals surface area contributed by atoms with E-state index in [4.69, 9.17) is 0 Å². The predicted molar refractivity (Wildman–Crippen MR) is 36.0 cm³/mol. The molecule has 0 spiro atoms. The minimum atomic E-state index is -4.68. The van der Waals surface area contributed by atoms with Crippen LogP contribution in [0.15, 0.2) is 0 Å². The number of carbonyl (C=O) groups is 1. The molecule has 0 radical (unpaired) electrons. The van der Waals surface area contributed by atoms with E-state index in [1.807, 2.05) is 0 Å². The van der Waals surface area contributed by atoms with Crippen molar-refractivity contribution in [3.63, 3.8) is 0 Å². The van der Waals surface area contributed by atoms with Crippen LogP contribution in [0.3, 0.4) is 0 Å². The Hall–Kier alpha value is -0.780. The van der Waals surface area contributed by atoms with E-state index in [0.717, 1.165) is 0 Å². The molecule has 1 aliphatic heterocycles. The summed E-state index contributed by atoms with van der Waals surface area (Å²) >= 11 is 0. The average molecular weight is 198 g/mol. The Morgan fingerprint density at radius 3 is 2.23 bits per heavy atom. The second-order valence-electron chi connectivity index (χ2n) is 3.07. The van der Waals surface area contributed by atoms with Gasteiger partial charge in [0.05, 0.1) is 12.7 Å². The zero-order chi connectivity index (χ0) is 10.3. The van der Waals surface area contributed by atoms with E-state index in [1.165, 1.54) is 13.8 Å². The number of ether oxygens (including phenoxy) is 2. The highest BCUT2D eigenvalue weighted by Crippen LogP contribution is 2.44. The molecule has 1 rings (SSSR count). The summed E-state index contributed by atoms with van der Waals surface area (Å²) in [5, 5.41) is 0. The van der Waals surface area contributed by atoms with Crippen LogP contribution in [-0.4, -0.2) is 30.5 Å². The number of hydrogen-bond acceptors (Lipinski definition) is 3. The monoisotopic (exact) mass is 198 g/mol. The van der Waals surface area contributed by atoms with Crippen LogP contribution in [0.1, 0.15) is 13.8 Å². The molecule has 0 N–H and O–H groups in total. The number of carbonyl (C=O) groups excluding carboxylic acids is 1. The minimum Gasteiger partial charge on any atom is -0.461 e. The van der Waals surface area contributed by atoms with Gasteiger partial charge in [0.2, 0.25) is 0 Å². The lowest BCUT2D eigenvalue weighted by Crippen LogP contribution is -2.42. The Bertz CT molecular complexity index is 218. The molecule has 1 heterocycles. The fourth-order valence-electron chi connectivity index (χ4n) is 0.779. The van der Waals surface area contributed by atoms with Gasteiger partial charge >= 0.3 is 12.1 Å². The van der Waals surface area contributed by atoms with Crippen LogP contribution in [0.25, 0.3) is 0 Å². The molecular formula is C7H9F3O3. The quantitative estimate of drug-likeness (QED) is 0.495. The molecule has 76 valence electrons. The number of epoxide rings is 1. The van der Waals surface area contributed by atoms with Gasteiger partial charge in [-0.3, -0.25) is 0 Å². The highest BCUT2D eigenvalue weighted by atomic mass is 19.4. The SMILES string of the molecule is CC(C)OC(=O)[C@@]1(C(F)(F)F)CO1. The summed E-state index contributed by atoms with van der Waals surface area (Å²) in [5.41, 5.74) is -2.68. The predicted octanol–water partition coefficient (Wildman–Crippen LogP) is 1.27. The van der Waals surface area contributed by atoms with Crippen LogP contribution in [0.4, 0.5) is 13.2 Å². The van der Waals surface area contributed by atoms with Crippen LogP contribution in [0.5, 0.6) is 0 Å². The molecule has 0 saturated carbocycles. The molecule has 0 aromatic carbocycles. The molecule has 0 unspecified atom stereocenters. The molecule has 6 heteroatoms. The van der Waals surface area contributed by atoms with Crippen molar-refractivity contribution >= 4 is 5.97 Å². The summed E-state index contributed by atoms with van der Waals surface area (Å²) in [7, 11) is 0. The van der Waals surface area contributed by atoms with Gasteiger partial charge in [-0.05, 0) is 13.8 Å². The molecule has 1 fully saturated rings. The van der Waals surface area contributed by atoms with Gasteiger partial charge in [-0.1, -0.05) is 0 Å². The normalized spacial score (nSPS) is 27.5. The number of halogens is 3. The third-order valence-electron chi connectivity index (χ3n) is 1.56. The van der Waals surface area contributed by atoms with E-state index in [1.54, 1.807) is 0 Å². The molecule has 1 saturated heterocycles. The van der Waals surface area contributed by atoms with E-state index in [-0.39, 0.29) is 0 Å². The standard InChI is InChI=1S/C7H9F3O3/c1-4(2)13-5(11)6(3-12-6)7(8,9)10/h4H,3H2,1-2H3/t6-/m1/s1. The highest BCUT2D eigenvalue weighted by Gasteiger charge is 2.73. The van der Waals surface area contributed by atoms with Crippen molar-refractivity contribution in [1.82, 2.24) is 0 Å². The maximum atomic E-state index is 12.2. The van der Waals surface area contributed by atoms with Crippen molar-refractivity contribution in [1.29, 1.82) is 0 Å². The molecule has 3 nitrogen and oxygen atoms in total. The van der Waals surface area contributed by atoms with Crippen LogP contribution in [0.2, 0.25) is 0 Å². The van der Waals surface area contributed by atoms with Gasteiger partial charge in [-0.2, -0.15) is 13.2 Å². The van der Waals surface area contributed by atoms with Crippen molar-refractivity contribution in [3.8, 4) is 0 Å². The lowest BCUT2D eigenvalue weighted by molar-refractivity contribution is -0.206. The largest absolute Gasteiger partial charge is 0.461 e. The zero-order valence-electron chi connectivity index (χ0n) is 7.14. The van der Waals surface area contributed by atoms with Crippen molar-refractivity contribution in [2.75, 3.05) is 6.61 Å². The molecule has 0 bridgehead atoms. The first kappa shape index (κ1) is 10.3. The van der Waals surface area contributed by atoms with Crippen molar-refractivity contribution < 1.29 is 27.4 Å². The Kier molecular flexibility index (Phi) is 2.27. The van der Waals surface area contributed by atoms with Crippen LogP contribution in [-0.2, 0) is 14.3 Å². The van der Waals surface area contributed by atoms with Crippen LogP contribution >= 0.6 is 0 Å². The summed E-state index contributed by atoms with van der Waals surface area (Å²) in [6.45, 7) is 2.32. The third-order valence-corrected chi connectivity index (χ3v) is 1.56. The molecule has 0 aliphatic carbocycles. The van der Waals surface area contributed by atoms with E-state index in [2.05, 4.69) is 9.47 Å². The number of rotatable bonds is 2. The van der Waals surface area contributed by atoms with E-state index >= 15 is 0 Å². The molecule has 0 aromatic heterocycles. The van der Waals surface area contributed by atoms with Gasteiger partial charge < -0.3 is 9.47 Å². The second kappa shape index (κ2) is 2.87. The van der Waals surface area contributed by atoms with Gasteiger partial charge in [-0.25, -0.2) is 4.79 Å². The zero-order valence-corrected chi connectivity index (χ0v) is 7.14. The maximum Gasteiger partial charge on any atom is 0.430 e. The van der Waals surface area contributed by atoms with Crippen LogP contribution < -0.4 is 0 Å². The molecule has 0 aromatic rings. The minimum absolute atomic E-state index is 0.573. The average Bonchev–Trinajstić information content (AvgIpc) is 2.60. The van der Waals surface area contributed by atoms with Gasteiger partial charge in [-0.15, -0.1) is 0 Å². The Morgan fingerprint density at radius 1 is 1.54 bits per heavy atom. The third kappa shape index (κ3) is 1.77. The smallest absolute Gasteiger partial charge is 0.430 e. The lowest BCUT2D eigenvalue weighted by atomic mass is 10.1. The fraction of sp³-hybridized carbons (Fsp3) is 0.857. The lowest BCUT2D eigenvalue weighted by Gasteiger charge is -2.16. The van der Waals surface area contributed by atoms with Gasteiger partial charge in [0.25, 0.3) is 5.60 Å². The Labute approximate surface area is 72.8 Å². The van der Waals surface area contributed by atoms with Crippen molar-refractivity contribution in [2.24, 2.45) is 0 Å². The van der Waals surface area contributed by atoms with E-state index in [9.17, 15) is 18.0 Å². The summed E-state index contributed by atoms with van der Waals surface area (Å²) in [6, 6.07) is 0. The molecule has 13 heavy (non-hydrogen) atoms. The maximum absolute atomic E-state index is 12.2. The second-order valence-corrected chi connectivity index (χ2v) is 3.07. The van der Waals surface area contributed by atoms with Gasteiger partial charge in [0, 0.05) is 0 Å². The summed E-state index contributed by atoms with van der Waals surface area (Å²) in [5.74, 6) is -1.35. The summed E-state index contributed by atoms with van der Waals surface area (Å²) in [4.78, 5) is 10.9. The first-order chi connectivity index (χ1) is 5.79. The summed E-state index contributed by atoms with van der Waals surface area (Å²) in [6.07, 6.45) is -5.25. The Morgan fingerprint density at radius 2 is 2.00 bits per heavy atom. The molecule has 1 aliphatic rings. The van der Waals surface area contributed by atoms with E-state index in [0.29, 0.717) is 0 Å². The number of esters is 1. The van der Waals surface area contributed by atoms with Crippen molar-refractivity contribution in [2.45, 2.75) is 31.7 Å². The van der Waals surface area contributed by atoms with Crippen molar-refractivity contribution in [3.05, 3.63) is 0 Å². The Balaban J connectivity index is 2.66. The van der Waals surface area contributed by atoms with E-state index < -0.39 is 30.5 Å². The van der Waals surface area contributed by atoms with Gasteiger partial charge in [0.1, 0.15) is 0 Å².